The van der Waals surface area contributed by atoms with Crippen molar-refractivity contribution in [2.24, 2.45) is 0 Å². The number of thiocarbonyl (C=S) groups is 1. The van der Waals surface area contributed by atoms with E-state index in [4.69, 9.17) is 26.4 Å². The first kappa shape index (κ1) is 19.1. The molecule has 6 nitrogen and oxygen atoms in total. The lowest BCUT2D eigenvalue weighted by Crippen LogP contribution is -2.42. The summed E-state index contributed by atoms with van der Waals surface area (Å²) in [6, 6.07) is 14.2. The third kappa shape index (κ3) is 5.42. The summed E-state index contributed by atoms with van der Waals surface area (Å²) >= 11 is 5.34. The van der Waals surface area contributed by atoms with E-state index in [1.165, 1.54) is 0 Å². The van der Waals surface area contributed by atoms with Gasteiger partial charge >= 0.3 is 0 Å². The van der Waals surface area contributed by atoms with Crippen LogP contribution in [0.25, 0.3) is 0 Å². The quantitative estimate of drug-likeness (QED) is 0.796. The van der Waals surface area contributed by atoms with Crippen molar-refractivity contribution in [2.45, 2.75) is 6.92 Å². The Labute approximate surface area is 164 Å². The van der Waals surface area contributed by atoms with E-state index in [0.717, 1.165) is 5.75 Å². The third-order valence-corrected chi connectivity index (χ3v) is 4.34. The van der Waals surface area contributed by atoms with E-state index in [1.54, 1.807) is 36.4 Å². The number of carbonyl (C=O) groups excluding carboxylic acids is 1. The summed E-state index contributed by atoms with van der Waals surface area (Å²) in [5.41, 5.74) is 1.18. The van der Waals surface area contributed by atoms with Gasteiger partial charge in [-0.25, -0.2) is 0 Å². The fourth-order valence-corrected chi connectivity index (χ4v) is 2.90. The highest BCUT2D eigenvalue weighted by atomic mass is 32.1. The number of nitrogens with zero attached hydrogens (tertiary/aromatic N) is 1. The summed E-state index contributed by atoms with van der Waals surface area (Å²) < 4.78 is 16.5. The van der Waals surface area contributed by atoms with Crippen molar-refractivity contribution < 1.29 is 19.0 Å². The van der Waals surface area contributed by atoms with Crippen molar-refractivity contribution in [1.82, 2.24) is 4.90 Å². The number of amides is 1. The van der Waals surface area contributed by atoms with E-state index in [1.807, 2.05) is 24.0 Å². The predicted molar refractivity (Wildman–Crippen MR) is 108 cm³/mol. The normalized spacial score (nSPS) is 13.7. The van der Waals surface area contributed by atoms with E-state index in [0.29, 0.717) is 55.1 Å². The molecule has 1 aliphatic rings. The first-order valence-corrected chi connectivity index (χ1v) is 9.25. The molecule has 1 fully saturated rings. The number of hydrogen-bond acceptors (Lipinski definition) is 5. The minimum absolute atomic E-state index is 0.220. The summed E-state index contributed by atoms with van der Waals surface area (Å²) in [6.45, 7) is 5.20. The number of ether oxygens (including phenoxy) is 3. The van der Waals surface area contributed by atoms with Crippen molar-refractivity contribution in [1.29, 1.82) is 0 Å². The Morgan fingerprint density at radius 1 is 1.15 bits per heavy atom. The van der Waals surface area contributed by atoms with E-state index in [-0.39, 0.29) is 5.91 Å². The first-order chi connectivity index (χ1) is 13.2. The summed E-state index contributed by atoms with van der Waals surface area (Å²) in [4.78, 5) is 14.5. The molecule has 0 saturated carbocycles. The minimum atomic E-state index is -0.220. The average Bonchev–Trinajstić information content (AvgIpc) is 2.70. The van der Waals surface area contributed by atoms with Crippen LogP contribution in [0.15, 0.2) is 48.5 Å². The van der Waals surface area contributed by atoms with Crippen molar-refractivity contribution in [3.8, 4) is 11.5 Å². The maximum Gasteiger partial charge on any atom is 0.264 e. The molecule has 0 aliphatic carbocycles. The maximum atomic E-state index is 12.5. The molecule has 0 spiro atoms. The van der Waals surface area contributed by atoms with E-state index >= 15 is 0 Å². The molecule has 27 heavy (non-hydrogen) atoms. The highest BCUT2D eigenvalue weighted by Gasteiger charge is 2.16. The molecular formula is C20H22N2O4S. The van der Waals surface area contributed by atoms with Crippen molar-refractivity contribution in [3.05, 3.63) is 54.1 Å². The smallest absolute Gasteiger partial charge is 0.264 e. The van der Waals surface area contributed by atoms with Gasteiger partial charge < -0.3 is 24.4 Å². The molecule has 0 bridgehead atoms. The molecule has 0 radical (unpaired) electrons. The Morgan fingerprint density at radius 2 is 1.89 bits per heavy atom. The molecule has 2 aromatic carbocycles. The average molecular weight is 386 g/mol. The number of benzene rings is 2. The maximum absolute atomic E-state index is 12.5. The molecule has 3 rings (SSSR count). The summed E-state index contributed by atoms with van der Waals surface area (Å²) in [7, 11) is 0. The number of morpholine rings is 1. The van der Waals surface area contributed by atoms with Gasteiger partial charge in [-0.05, 0) is 61.6 Å². The largest absolute Gasteiger partial charge is 0.494 e. The van der Waals surface area contributed by atoms with Gasteiger partial charge in [-0.15, -0.1) is 0 Å². The number of carbonyl (C=O) groups is 1. The van der Waals surface area contributed by atoms with Gasteiger partial charge in [0.05, 0.1) is 19.8 Å². The Balaban J connectivity index is 1.61. The molecule has 2 aromatic rings. The van der Waals surface area contributed by atoms with Gasteiger partial charge in [0.2, 0.25) is 0 Å². The van der Waals surface area contributed by atoms with Gasteiger partial charge in [-0.2, -0.15) is 0 Å². The monoisotopic (exact) mass is 386 g/mol. The second kappa shape index (κ2) is 9.34. The highest BCUT2D eigenvalue weighted by Crippen LogP contribution is 2.19. The van der Waals surface area contributed by atoms with Crippen LogP contribution in [0.3, 0.4) is 0 Å². The fourth-order valence-electron chi connectivity index (χ4n) is 2.62. The molecule has 142 valence electrons. The lowest BCUT2D eigenvalue weighted by Gasteiger charge is -2.28. The Kier molecular flexibility index (Phi) is 6.62. The van der Waals surface area contributed by atoms with Gasteiger partial charge in [0, 0.05) is 24.3 Å². The second-order valence-corrected chi connectivity index (χ2v) is 6.26. The number of hydrogen-bond donors (Lipinski definition) is 1. The van der Waals surface area contributed by atoms with Crippen LogP contribution >= 0.6 is 12.2 Å². The molecule has 0 aromatic heterocycles. The van der Waals surface area contributed by atoms with E-state index in [9.17, 15) is 4.79 Å². The van der Waals surface area contributed by atoms with Crippen LogP contribution in [0.5, 0.6) is 11.5 Å². The molecule has 1 N–H and O–H groups in total. The fraction of sp³-hybridized carbons (Fsp3) is 0.300. The van der Waals surface area contributed by atoms with Gasteiger partial charge in [0.1, 0.15) is 11.5 Å². The highest BCUT2D eigenvalue weighted by molar-refractivity contribution is 7.80. The topological polar surface area (TPSA) is 60.0 Å². The van der Waals surface area contributed by atoms with Crippen molar-refractivity contribution in [2.75, 3.05) is 38.2 Å². The number of rotatable bonds is 5. The lowest BCUT2D eigenvalue weighted by molar-refractivity contribution is 0.0631. The zero-order valence-corrected chi connectivity index (χ0v) is 16.0. The molecule has 1 heterocycles. The first-order valence-electron chi connectivity index (χ1n) is 8.84. The van der Waals surface area contributed by atoms with Crippen LogP contribution in [-0.4, -0.2) is 48.9 Å². The molecule has 0 atom stereocenters. The van der Waals surface area contributed by atoms with Crippen LogP contribution in [0.2, 0.25) is 0 Å². The molecule has 1 saturated heterocycles. The molecular weight excluding hydrogens is 364 g/mol. The molecule has 7 heteroatoms. The number of anilines is 1. The second-order valence-electron chi connectivity index (χ2n) is 5.91. The van der Waals surface area contributed by atoms with Gasteiger partial charge in [0.15, 0.2) is 0 Å². The number of nitrogens with one attached hydrogen (secondary N) is 1. The predicted octanol–water partition coefficient (Wildman–Crippen LogP) is 3.33. The van der Waals surface area contributed by atoms with Gasteiger partial charge in [0.25, 0.3) is 11.1 Å². The molecule has 1 aliphatic heterocycles. The SMILES string of the molecule is CCOc1ccc(NC(=O)c2cccc(OC(=S)N3CCOCC3)c2)cc1. The Morgan fingerprint density at radius 3 is 2.59 bits per heavy atom. The lowest BCUT2D eigenvalue weighted by atomic mass is 10.2. The van der Waals surface area contributed by atoms with Crippen LogP contribution < -0.4 is 14.8 Å². The van der Waals surface area contributed by atoms with Crippen LogP contribution in [0.1, 0.15) is 17.3 Å². The van der Waals surface area contributed by atoms with Crippen molar-refractivity contribution in [3.63, 3.8) is 0 Å². The molecule has 0 unspecified atom stereocenters. The zero-order chi connectivity index (χ0) is 19.1. The van der Waals surface area contributed by atoms with E-state index in [2.05, 4.69) is 5.32 Å². The van der Waals surface area contributed by atoms with Gasteiger partial charge in [-0.3, -0.25) is 4.79 Å². The Hall–Kier alpha value is -2.64. The molecule has 1 amide bonds. The summed E-state index contributed by atoms with van der Waals surface area (Å²) in [5, 5.41) is 3.25. The van der Waals surface area contributed by atoms with Gasteiger partial charge in [-0.1, -0.05) is 6.07 Å². The van der Waals surface area contributed by atoms with Crippen molar-refractivity contribution >= 4 is 29.0 Å². The van der Waals surface area contributed by atoms with Crippen LogP contribution in [0.4, 0.5) is 5.69 Å². The zero-order valence-electron chi connectivity index (χ0n) is 15.1. The van der Waals surface area contributed by atoms with Crippen LogP contribution in [-0.2, 0) is 4.74 Å². The van der Waals surface area contributed by atoms with E-state index < -0.39 is 0 Å². The minimum Gasteiger partial charge on any atom is -0.494 e. The summed E-state index contributed by atoms with van der Waals surface area (Å²) in [5.74, 6) is 1.08. The third-order valence-electron chi connectivity index (χ3n) is 3.99. The standard InChI is InChI=1S/C20H22N2O4S/c1-2-25-17-8-6-16(7-9-17)21-19(23)15-4-3-5-18(14-15)26-20(27)22-10-12-24-13-11-22/h3-9,14H,2,10-13H2,1H3,(H,21,23). The summed E-state index contributed by atoms with van der Waals surface area (Å²) in [6.07, 6.45) is 0. The van der Waals surface area contributed by atoms with Crippen LogP contribution in [0, 0.1) is 0 Å². The Bertz CT molecular complexity index is 789.